The zero-order chi connectivity index (χ0) is 9.68. The van der Waals surface area contributed by atoms with E-state index in [1.807, 2.05) is 0 Å². The lowest BCUT2D eigenvalue weighted by atomic mass is 9.94. The summed E-state index contributed by atoms with van der Waals surface area (Å²) in [5.74, 6) is -0.563. The lowest BCUT2D eigenvalue weighted by Crippen LogP contribution is -2.32. The molecule has 0 amide bonds. The van der Waals surface area contributed by atoms with Crippen molar-refractivity contribution in [2.24, 2.45) is 5.92 Å². The van der Waals surface area contributed by atoms with Crippen LogP contribution < -0.4 is 0 Å². The van der Waals surface area contributed by atoms with Crippen LogP contribution in [0, 0.1) is 5.92 Å². The summed E-state index contributed by atoms with van der Waals surface area (Å²) >= 11 is 0. The van der Waals surface area contributed by atoms with Crippen LogP contribution in [0.15, 0.2) is 0 Å². The molecule has 76 valence electrons. The Hall–Kier alpha value is -0.610. The number of carboxylic acid groups (broad SMARTS) is 1. The van der Waals surface area contributed by atoms with Crippen LogP contribution >= 0.6 is 0 Å². The van der Waals surface area contributed by atoms with E-state index in [-0.39, 0.29) is 18.4 Å². The summed E-state index contributed by atoms with van der Waals surface area (Å²) in [5.41, 5.74) is 0. The van der Waals surface area contributed by atoms with Crippen LogP contribution in [0.3, 0.4) is 0 Å². The van der Waals surface area contributed by atoms with E-state index in [1.165, 1.54) is 0 Å². The van der Waals surface area contributed by atoms with E-state index < -0.39 is 5.97 Å². The molecule has 13 heavy (non-hydrogen) atoms. The number of carbonyl (C=O) groups is 1. The Labute approximate surface area is 77.8 Å². The Kier molecular flexibility index (Phi) is 4.18. The summed E-state index contributed by atoms with van der Waals surface area (Å²) in [6, 6.07) is 0. The highest BCUT2D eigenvalue weighted by molar-refractivity contribution is 5.67. The molecule has 0 aromatic heterocycles. The number of hydrogen-bond donors (Lipinski definition) is 1. The highest BCUT2D eigenvalue weighted by Gasteiger charge is 2.25. The number of carboxylic acids is 1. The molecule has 0 aliphatic carbocycles. The van der Waals surface area contributed by atoms with Crippen LogP contribution in [0.5, 0.6) is 0 Å². The first-order chi connectivity index (χ1) is 6.24. The second-order valence-corrected chi connectivity index (χ2v) is 3.35. The van der Waals surface area contributed by atoms with E-state index in [1.54, 1.807) is 7.11 Å². The molecule has 0 spiro atoms. The minimum absolute atomic E-state index is 0.0739. The van der Waals surface area contributed by atoms with Gasteiger partial charge in [-0.1, -0.05) is 0 Å². The quantitative estimate of drug-likeness (QED) is 0.712. The number of aliphatic carboxylic acids is 1. The lowest BCUT2D eigenvalue weighted by molar-refractivity contribution is -0.141. The smallest absolute Gasteiger partial charge is 0.305 e. The number of ether oxygens (including phenoxy) is 2. The standard InChI is InChI=1S/C9H16O4/c1-12-8(5-9(10)11)7-3-2-4-13-6-7/h7-8H,2-6H2,1H3,(H,10,11). The van der Waals surface area contributed by atoms with Gasteiger partial charge in [0.15, 0.2) is 0 Å². The van der Waals surface area contributed by atoms with Crippen molar-refractivity contribution in [2.75, 3.05) is 20.3 Å². The van der Waals surface area contributed by atoms with Gasteiger partial charge in [0.05, 0.1) is 19.1 Å². The Morgan fingerprint density at radius 2 is 2.54 bits per heavy atom. The summed E-state index contributed by atoms with van der Waals surface area (Å²) in [6.07, 6.45) is 1.89. The van der Waals surface area contributed by atoms with Crippen molar-refractivity contribution in [3.05, 3.63) is 0 Å². The number of methoxy groups -OCH3 is 1. The fraction of sp³-hybridized carbons (Fsp3) is 0.889. The van der Waals surface area contributed by atoms with Gasteiger partial charge in [0, 0.05) is 19.6 Å². The van der Waals surface area contributed by atoms with Crippen molar-refractivity contribution in [3.8, 4) is 0 Å². The maximum atomic E-state index is 10.5. The average Bonchev–Trinajstić information content (AvgIpc) is 2.15. The maximum Gasteiger partial charge on any atom is 0.305 e. The fourth-order valence-electron chi connectivity index (χ4n) is 1.67. The van der Waals surface area contributed by atoms with Gasteiger partial charge in [-0.05, 0) is 12.8 Å². The minimum Gasteiger partial charge on any atom is -0.481 e. The summed E-state index contributed by atoms with van der Waals surface area (Å²) in [5, 5.41) is 8.62. The van der Waals surface area contributed by atoms with E-state index in [9.17, 15) is 4.79 Å². The predicted octanol–water partition coefficient (Wildman–Crippen LogP) is 0.903. The van der Waals surface area contributed by atoms with Crippen molar-refractivity contribution in [3.63, 3.8) is 0 Å². The molecule has 2 atom stereocenters. The van der Waals surface area contributed by atoms with Gasteiger partial charge in [0.25, 0.3) is 0 Å². The molecular formula is C9H16O4. The van der Waals surface area contributed by atoms with Gasteiger partial charge in [-0.25, -0.2) is 0 Å². The van der Waals surface area contributed by atoms with Gasteiger partial charge in [-0.2, -0.15) is 0 Å². The molecule has 1 aliphatic heterocycles. The lowest BCUT2D eigenvalue weighted by Gasteiger charge is -2.28. The molecule has 4 nitrogen and oxygen atoms in total. The molecule has 1 heterocycles. The van der Waals surface area contributed by atoms with Crippen LogP contribution in [0.2, 0.25) is 0 Å². The van der Waals surface area contributed by atoms with Crippen LogP contribution in [-0.4, -0.2) is 37.5 Å². The van der Waals surface area contributed by atoms with E-state index in [2.05, 4.69) is 0 Å². The first-order valence-electron chi connectivity index (χ1n) is 4.56. The normalized spacial score (nSPS) is 25.5. The first-order valence-corrected chi connectivity index (χ1v) is 4.56. The van der Waals surface area contributed by atoms with Gasteiger partial charge < -0.3 is 14.6 Å². The molecule has 1 saturated heterocycles. The zero-order valence-electron chi connectivity index (χ0n) is 7.86. The topological polar surface area (TPSA) is 55.8 Å². The molecule has 4 heteroatoms. The monoisotopic (exact) mass is 188 g/mol. The molecule has 1 aliphatic rings. The molecule has 0 bridgehead atoms. The molecule has 0 aromatic carbocycles. The third-order valence-electron chi connectivity index (χ3n) is 2.40. The molecule has 1 rings (SSSR count). The third kappa shape index (κ3) is 3.32. The van der Waals surface area contributed by atoms with Crippen molar-refractivity contribution < 1.29 is 19.4 Å². The fourth-order valence-corrected chi connectivity index (χ4v) is 1.67. The van der Waals surface area contributed by atoms with Gasteiger partial charge >= 0.3 is 5.97 Å². The van der Waals surface area contributed by atoms with Crippen molar-refractivity contribution in [1.29, 1.82) is 0 Å². The summed E-state index contributed by atoms with van der Waals surface area (Å²) < 4.78 is 10.4. The Morgan fingerprint density at radius 3 is 3.00 bits per heavy atom. The zero-order valence-corrected chi connectivity index (χ0v) is 7.86. The largest absolute Gasteiger partial charge is 0.481 e. The maximum absolute atomic E-state index is 10.5. The first kappa shape index (κ1) is 10.5. The molecular weight excluding hydrogens is 172 g/mol. The highest BCUT2D eigenvalue weighted by atomic mass is 16.5. The summed E-state index contributed by atoms with van der Waals surface area (Å²) in [4.78, 5) is 10.5. The molecule has 0 radical (unpaired) electrons. The Morgan fingerprint density at radius 1 is 1.77 bits per heavy atom. The SMILES string of the molecule is COC(CC(=O)O)C1CCCOC1. The van der Waals surface area contributed by atoms with Gasteiger partial charge in [0.1, 0.15) is 0 Å². The highest BCUT2D eigenvalue weighted by Crippen LogP contribution is 2.21. The van der Waals surface area contributed by atoms with E-state index >= 15 is 0 Å². The second kappa shape index (κ2) is 5.19. The van der Waals surface area contributed by atoms with Gasteiger partial charge in [-0.3, -0.25) is 4.79 Å². The van der Waals surface area contributed by atoms with Gasteiger partial charge in [-0.15, -0.1) is 0 Å². The molecule has 0 saturated carbocycles. The van der Waals surface area contributed by atoms with Crippen LogP contribution in [0.4, 0.5) is 0 Å². The van der Waals surface area contributed by atoms with E-state index in [0.717, 1.165) is 19.4 Å². The molecule has 2 unspecified atom stereocenters. The molecule has 0 aromatic rings. The summed E-state index contributed by atoms with van der Waals surface area (Å²) in [7, 11) is 1.56. The molecule has 1 N–H and O–H groups in total. The van der Waals surface area contributed by atoms with E-state index in [0.29, 0.717) is 6.61 Å². The number of rotatable bonds is 4. The predicted molar refractivity (Wildman–Crippen MR) is 46.6 cm³/mol. The van der Waals surface area contributed by atoms with Crippen LogP contribution in [-0.2, 0) is 14.3 Å². The van der Waals surface area contributed by atoms with Crippen molar-refractivity contribution in [1.82, 2.24) is 0 Å². The van der Waals surface area contributed by atoms with E-state index in [4.69, 9.17) is 14.6 Å². The van der Waals surface area contributed by atoms with Gasteiger partial charge in [0.2, 0.25) is 0 Å². The molecule has 1 fully saturated rings. The Balaban J connectivity index is 2.39. The van der Waals surface area contributed by atoms with Crippen molar-refractivity contribution >= 4 is 5.97 Å². The van der Waals surface area contributed by atoms with Crippen LogP contribution in [0.1, 0.15) is 19.3 Å². The van der Waals surface area contributed by atoms with Crippen molar-refractivity contribution in [2.45, 2.75) is 25.4 Å². The third-order valence-corrected chi connectivity index (χ3v) is 2.40. The number of hydrogen-bond acceptors (Lipinski definition) is 3. The average molecular weight is 188 g/mol. The Bertz CT molecular complexity index is 163. The van der Waals surface area contributed by atoms with Crippen LogP contribution in [0.25, 0.3) is 0 Å². The minimum atomic E-state index is -0.808. The summed E-state index contributed by atoms with van der Waals surface area (Å²) in [6.45, 7) is 1.42. The second-order valence-electron chi connectivity index (χ2n) is 3.35.